The number of fused-ring (bicyclic) bond motifs is 1. The monoisotopic (exact) mass is 254 g/mol. The van der Waals surface area contributed by atoms with Gasteiger partial charge in [-0.25, -0.2) is 0 Å². The molecular formula is C15H26O3. The van der Waals surface area contributed by atoms with Crippen molar-refractivity contribution >= 4 is 0 Å². The number of allylic oxidation sites excluding steroid dienone is 1. The number of hydrogen-bond acceptors (Lipinski definition) is 3. The van der Waals surface area contributed by atoms with Crippen LogP contribution in [0.1, 0.15) is 40.0 Å². The van der Waals surface area contributed by atoms with Crippen LogP contribution < -0.4 is 0 Å². The molecule has 3 nitrogen and oxygen atoms in total. The SMILES string of the molecule is CC(C)[C@@H]1C=C[C@]2(CO)CC(O)C[C@@](C)(O)[C@H]2C1. The van der Waals surface area contributed by atoms with Gasteiger partial charge in [-0.05, 0) is 37.5 Å². The lowest BCUT2D eigenvalue weighted by molar-refractivity contribution is -0.147. The summed E-state index contributed by atoms with van der Waals surface area (Å²) in [5.74, 6) is 1.03. The Bertz CT molecular complexity index is 335. The zero-order chi connectivity index (χ0) is 13.6. The standard InChI is InChI=1S/C15H26O3/c1-10(2)11-4-5-15(9-16)8-12(17)7-14(3,18)13(15)6-11/h4-5,10-13,16-18H,6-9H2,1-3H3/t11-,12?,13-,14-,15-/m1/s1. The minimum atomic E-state index is -0.891. The van der Waals surface area contributed by atoms with E-state index in [2.05, 4.69) is 26.0 Å². The van der Waals surface area contributed by atoms with Crippen LogP contribution in [0.25, 0.3) is 0 Å². The summed E-state index contributed by atoms with van der Waals surface area (Å²) in [5.41, 5.74) is -1.33. The molecule has 5 atom stereocenters. The van der Waals surface area contributed by atoms with E-state index in [9.17, 15) is 15.3 Å². The fraction of sp³-hybridized carbons (Fsp3) is 0.867. The third kappa shape index (κ3) is 2.24. The van der Waals surface area contributed by atoms with Gasteiger partial charge in [0.25, 0.3) is 0 Å². The van der Waals surface area contributed by atoms with Crippen LogP contribution in [0.4, 0.5) is 0 Å². The molecule has 18 heavy (non-hydrogen) atoms. The molecule has 2 aliphatic carbocycles. The van der Waals surface area contributed by atoms with Crippen LogP contribution in [0, 0.1) is 23.2 Å². The topological polar surface area (TPSA) is 60.7 Å². The van der Waals surface area contributed by atoms with Gasteiger partial charge in [0.05, 0.1) is 18.3 Å². The maximum absolute atomic E-state index is 10.6. The maximum atomic E-state index is 10.6. The first-order chi connectivity index (χ1) is 8.31. The van der Waals surface area contributed by atoms with Gasteiger partial charge in [-0.15, -0.1) is 0 Å². The zero-order valence-corrected chi connectivity index (χ0v) is 11.6. The Hall–Kier alpha value is -0.380. The van der Waals surface area contributed by atoms with E-state index in [1.54, 1.807) is 6.92 Å². The molecule has 0 amide bonds. The van der Waals surface area contributed by atoms with Crippen molar-refractivity contribution in [1.82, 2.24) is 0 Å². The van der Waals surface area contributed by atoms with Gasteiger partial charge in [0.15, 0.2) is 0 Å². The highest BCUT2D eigenvalue weighted by Gasteiger charge is 2.53. The average Bonchev–Trinajstić information content (AvgIpc) is 2.27. The second-order valence-electron chi connectivity index (χ2n) is 6.87. The molecule has 0 aliphatic heterocycles. The summed E-state index contributed by atoms with van der Waals surface area (Å²) in [6.45, 7) is 6.19. The van der Waals surface area contributed by atoms with Gasteiger partial charge in [0.2, 0.25) is 0 Å². The largest absolute Gasteiger partial charge is 0.395 e. The van der Waals surface area contributed by atoms with E-state index in [1.165, 1.54) is 0 Å². The Morgan fingerprint density at radius 2 is 2.00 bits per heavy atom. The average molecular weight is 254 g/mol. The Morgan fingerprint density at radius 1 is 1.33 bits per heavy atom. The number of aliphatic hydroxyl groups excluding tert-OH is 2. The molecule has 0 aromatic rings. The van der Waals surface area contributed by atoms with Crippen molar-refractivity contribution in [2.45, 2.75) is 51.7 Å². The molecule has 0 aromatic heterocycles. The van der Waals surface area contributed by atoms with Crippen molar-refractivity contribution in [3.8, 4) is 0 Å². The summed E-state index contributed by atoms with van der Waals surface area (Å²) in [6.07, 6.45) is 5.58. The molecule has 0 aromatic carbocycles. The van der Waals surface area contributed by atoms with Crippen molar-refractivity contribution in [2.24, 2.45) is 23.2 Å². The Kier molecular flexibility index (Phi) is 3.60. The zero-order valence-electron chi connectivity index (χ0n) is 11.6. The number of aliphatic hydroxyl groups is 3. The van der Waals surface area contributed by atoms with Gasteiger partial charge in [-0.1, -0.05) is 26.0 Å². The molecule has 104 valence electrons. The minimum Gasteiger partial charge on any atom is -0.395 e. The fourth-order valence-electron chi connectivity index (χ4n) is 3.95. The lowest BCUT2D eigenvalue weighted by Crippen LogP contribution is -2.56. The first-order valence-corrected chi connectivity index (χ1v) is 7.01. The smallest absolute Gasteiger partial charge is 0.0681 e. The Morgan fingerprint density at radius 3 is 2.56 bits per heavy atom. The van der Waals surface area contributed by atoms with Crippen LogP contribution in [0.15, 0.2) is 12.2 Å². The molecule has 0 radical (unpaired) electrons. The second kappa shape index (κ2) is 4.62. The number of hydrogen-bond donors (Lipinski definition) is 3. The maximum Gasteiger partial charge on any atom is 0.0681 e. The molecule has 1 unspecified atom stereocenters. The van der Waals surface area contributed by atoms with E-state index < -0.39 is 17.1 Å². The van der Waals surface area contributed by atoms with Gasteiger partial charge < -0.3 is 15.3 Å². The molecule has 2 aliphatic rings. The van der Waals surface area contributed by atoms with Gasteiger partial charge >= 0.3 is 0 Å². The highest BCUT2D eigenvalue weighted by Crippen LogP contribution is 2.53. The van der Waals surface area contributed by atoms with Crippen LogP contribution in [0.2, 0.25) is 0 Å². The molecule has 0 bridgehead atoms. The van der Waals surface area contributed by atoms with E-state index in [-0.39, 0.29) is 12.5 Å². The lowest BCUT2D eigenvalue weighted by atomic mass is 9.54. The van der Waals surface area contributed by atoms with Crippen molar-refractivity contribution in [3.63, 3.8) is 0 Å². The van der Waals surface area contributed by atoms with Crippen LogP contribution in [0.5, 0.6) is 0 Å². The quantitative estimate of drug-likeness (QED) is 0.658. The molecule has 3 N–H and O–H groups in total. The Balaban J connectivity index is 2.35. The normalized spacial score (nSPS) is 48.3. The van der Waals surface area contributed by atoms with Gasteiger partial charge in [0, 0.05) is 11.8 Å². The van der Waals surface area contributed by atoms with Crippen LogP contribution in [0.3, 0.4) is 0 Å². The molecular weight excluding hydrogens is 228 g/mol. The van der Waals surface area contributed by atoms with E-state index in [0.29, 0.717) is 24.7 Å². The summed E-state index contributed by atoms with van der Waals surface area (Å²) in [4.78, 5) is 0. The fourth-order valence-corrected chi connectivity index (χ4v) is 3.95. The molecule has 0 spiro atoms. The van der Waals surface area contributed by atoms with Crippen molar-refractivity contribution < 1.29 is 15.3 Å². The van der Waals surface area contributed by atoms with E-state index >= 15 is 0 Å². The highest BCUT2D eigenvalue weighted by atomic mass is 16.3. The van der Waals surface area contributed by atoms with Crippen molar-refractivity contribution in [2.75, 3.05) is 6.61 Å². The van der Waals surface area contributed by atoms with Gasteiger partial charge in [0.1, 0.15) is 0 Å². The highest BCUT2D eigenvalue weighted by molar-refractivity contribution is 5.17. The van der Waals surface area contributed by atoms with Gasteiger partial charge in [-0.3, -0.25) is 0 Å². The summed E-state index contributed by atoms with van der Waals surface area (Å²) < 4.78 is 0. The first-order valence-electron chi connectivity index (χ1n) is 7.01. The minimum absolute atomic E-state index is 0.00614. The van der Waals surface area contributed by atoms with E-state index in [0.717, 1.165) is 6.42 Å². The van der Waals surface area contributed by atoms with Crippen LogP contribution in [-0.2, 0) is 0 Å². The third-order valence-corrected chi connectivity index (χ3v) is 5.04. The molecule has 2 rings (SSSR count). The molecule has 1 saturated carbocycles. The summed E-state index contributed by atoms with van der Waals surface area (Å²) >= 11 is 0. The molecule has 0 heterocycles. The van der Waals surface area contributed by atoms with Crippen LogP contribution in [-0.4, -0.2) is 33.6 Å². The lowest BCUT2D eigenvalue weighted by Gasteiger charge is -2.54. The predicted octanol–water partition coefficient (Wildman–Crippen LogP) is 1.72. The van der Waals surface area contributed by atoms with Crippen LogP contribution >= 0.6 is 0 Å². The number of rotatable bonds is 2. The molecule has 1 fully saturated rings. The predicted molar refractivity (Wildman–Crippen MR) is 71.0 cm³/mol. The van der Waals surface area contributed by atoms with Gasteiger partial charge in [-0.2, -0.15) is 0 Å². The van der Waals surface area contributed by atoms with E-state index in [4.69, 9.17) is 0 Å². The first kappa shape index (κ1) is 14.0. The molecule has 3 heteroatoms. The summed E-state index contributed by atoms with van der Waals surface area (Å²) in [5, 5.41) is 30.4. The third-order valence-electron chi connectivity index (χ3n) is 5.04. The summed E-state index contributed by atoms with van der Waals surface area (Å²) in [6, 6.07) is 0. The van der Waals surface area contributed by atoms with Crippen molar-refractivity contribution in [1.29, 1.82) is 0 Å². The summed E-state index contributed by atoms with van der Waals surface area (Å²) in [7, 11) is 0. The molecule has 0 saturated heterocycles. The Labute approximate surface area is 110 Å². The van der Waals surface area contributed by atoms with E-state index in [1.807, 2.05) is 0 Å². The van der Waals surface area contributed by atoms with Crippen molar-refractivity contribution in [3.05, 3.63) is 12.2 Å². The second-order valence-corrected chi connectivity index (χ2v) is 6.87.